The fraction of sp³-hybridized carbons (Fsp3) is 0.938. The number of unbranched alkanes of at least 4 members (excludes halogenated alkanes) is 29. The maximum Gasteiger partial charge on any atom is 0.472 e. The molecule has 0 aliphatic rings. The Morgan fingerprint density at radius 1 is 0.345 bits per heavy atom. The highest BCUT2D eigenvalue weighted by Crippen LogP contribution is 2.45. The molecule has 0 amide bonds. The molecule has 4 unspecified atom stereocenters. The number of aliphatic hydroxyl groups excluding tert-OH is 1. The third-order valence-corrected chi connectivity index (χ3v) is 17.5. The number of hydrogen-bond acceptors (Lipinski definition) is 15. The minimum atomic E-state index is -4.95. The fourth-order valence-electron chi connectivity index (χ4n) is 9.59. The second-order valence-electron chi connectivity index (χ2n) is 24.5. The van der Waals surface area contributed by atoms with E-state index in [0.717, 1.165) is 108 Å². The molecule has 0 saturated heterocycles. The summed E-state index contributed by atoms with van der Waals surface area (Å²) in [4.78, 5) is 72.2. The molecule has 0 aromatic rings. The zero-order valence-corrected chi connectivity index (χ0v) is 56.1. The van der Waals surface area contributed by atoms with Gasteiger partial charge in [0.05, 0.1) is 26.4 Å². The molecule has 19 heteroatoms. The van der Waals surface area contributed by atoms with Gasteiger partial charge in [-0.1, -0.05) is 267 Å². The molecule has 0 aliphatic carbocycles. The van der Waals surface area contributed by atoms with Crippen molar-refractivity contribution in [1.29, 1.82) is 0 Å². The van der Waals surface area contributed by atoms with E-state index in [1.54, 1.807) is 0 Å². The first kappa shape index (κ1) is 82.1. The Labute approximate surface area is 511 Å². The predicted octanol–water partition coefficient (Wildman–Crippen LogP) is 17.9. The van der Waals surface area contributed by atoms with Crippen LogP contribution in [0.15, 0.2) is 0 Å². The van der Waals surface area contributed by atoms with Crippen molar-refractivity contribution in [2.45, 2.75) is 336 Å². The minimum absolute atomic E-state index is 0.102. The molecule has 498 valence electrons. The summed E-state index contributed by atoms with van der Waals surface area (Å²) in [6.45, 7) is 11.7. The van der Waals surface area contributed by atoms with Gasteiger partial charge in [-0.2, -0.15) is 0 Å². The van der Waals surface area contributed by atoms with Crippen molar-refractivity contribution in [2.24, 2.45) is 17.8 Å². The number of rotatable bonds is 63. The number of carbonyl (C=O) groups excluding carboxylic acids is 4. The molecule has 0 radical (unpaired) electrons. The van der Waals surface area contributed by atoms with Crippen LogP contribution in [0.5, 0.6) is 0 Å². The summed E-state index contributed by atoms with van der Waals surface area (Å²) in [6.07, 6.45) is 37.5. The quantitative estimate of drug-likeness (QED) is 0.0222. The van der Waals surface area contributed by atoms with Crippen LogP contribution in [0, 0.1) is 17.8 Å². The Hall–Kier alpha value is -1.94. The highest BCUT2D eigenvalue weighted by molar-refractivity contribution is 7.47. The van der Waals surface area contributed by atoms with E-state index in [4.69, 9.17) is 37.0 Å². The van der Waals surface area contributed by atoms with Gasteiger partial charge in [0.2, 0.25) is 0 Å². The summed E-state index contributed by atoms with van der Waals surface area (Å²) in [5.41, 5.74) is 0. The maximum absolute atomic E-state index is 13.0. The van der Waals surface area contributed by atoms with E-state index in [2.05, 4.69) is 48.5 Å². The van der Waals surface area contributed by atoms with Crippen molar-refractivity contribution >= 4 is 39.5 Å². The number of phosphoric acid groups is 2. The summed E-state index contributed by atoms with van der Waals surface area (Å²) < 4.78 is 68.0. The molecule has 0 aliphatic heterocycles. The van der Waals surface area contributed by atoms with Crippen molar-refractivity contribution in [3.05, 3.63) is 0 Å². The lowest BCUT2D eigenvalue weighted by molar-refractivity contribution is -0.161. The van der Waals surface area contributed by atoms with Gasteiger partial charge in [-0.05, 0) is 43.4 Å². The van der Waals surface area contributed by atoms with Gasteiger partial charge in [0.25, 0.3) is 0 Å². The number of esters is 4. The molecule has 0 aromatic carbocycles. The Morgan fingerprint density at radius 3 is 0.905 bits per heavy atom. The molecule has 0 rings (SSSR count). The van der Waals surface area contributed by atoms with Crippen molar-refractivity contribution in [3.63, 3.8) is 0 Å². The van der Waals surface area contributed by atoms with Crippen LogP contribution >= 0.6 is 15.6 Å². The fourth-order valence-corrected chi connectivity index (χ4v) is 11.2. The van der Waals surface area contributed by atoms with Crippen molar-refractivity contribution in [3.8, 4) is 0 Å². The van der Waals surface area contributed by atoms with E-state index in [-0.39, 0.29) is 25.7 Å². The van der Waals surface area contributed by atoms with E-state index in [9.17, 15) is 43.2 Å². The van der Waals surface area contributed by atoms with Crippen LogP contribution in [-0.2, 0) is 65.4 Å². The van der Waals surface area contributed by atoms with Gasteiger partial charge < -0.3 is 33.8 Å². The summed E-state index contributed by atoms with van der Waals surface area (Å²) in [7, 11) is -9.89. The molecule has 0 aromatic heterocycles. The van der Waals surface area contributed by atoms with Gasteiger partial charge in [0, 0.05) is 25.7 Å². The molecule has 3 N–H and O–H groups in total. The van der Waals surface area contributed by atoms with E-state index in [1.807, 2.05) is 0 Å². The molecular formula is C65H126O17P2. The SMILES string of the molecule is CCCCCCCCCCCC(=O)OC[C@H](COP(=O)(O)OC[C@H](O)COP(=O)(O)OC[C@@H](COC(=O)CCCCCCCCCCC(C)C)OC(=O)CCCCCCCCCCCCC(C)CC)OC(=O)CCCCCCCCC(C)CC. The molecule has 17 nitrogen and oxygen atoms in total. The van der Waals surface area contributed by atoms with E-state index < -0.39 is 97.5 Å². The van der Waals surface area contributed by atoms with E-state index in [0.29, 0.717) is 25.7 Å². The second kappa shape index (κ2) is 56.3. The van der Waals surface area contributed by atoms with Gasteiger partial charge in [0.1, 0.15) is 19.3 Å². The smallest absolute Gasteiger partial charge is 0.462 e. The Kier molecular flexibility index (Phi) is 55.0. The lowest BCUT2D eigenvalue weighted by Crippen LogP contribution is -2.30. The number of hydrogen-bond donors (Lipinski definition) is 3. The van der Waals surface area contributed by atoms with Crippen molar-refractivity contribution < 1.29 is 80.2 Å². The summed E-state index contributed by atoms with van der Waals surface area (Å²) in [6, 6.07) is 0. The third-order valence-electron chi connectivity index (χ3n) is 15.6. The number of phosphoric ester groups is 2. The maximum atomic E-state index is 13.0. The first-order valence-electron chi connectivity index (χ1n) is 33.9. The van der Waals surface area contributed by atoms with E-state index in [1.165, 1.54) is 128 Å². The highest BCUT2D eigenvalue weighted by Gasteiger charge is 2.30. The van der Waals surface area contributed by atoms with Gasteiger partial charge in [-0.15, -0.1) is 0 Å². The molecule has 84 heavy (non-hydrogen) atoms. The van der Waals surface area contributed by atoms with Crippen LogP contribution in [0.25, 0.3) is 0 Å². The highest BCUT2D eigenvalue weighted by atomic mass is 31.2. The Morgan fingerprint density at radius 2 is 0.607 bits per heavy atom. The molecule has 7 atom stereocenters. The van der Waals surface area contributed by atoms with Crippen LogP contribution in [0.1, 0.15) is 318 Å². The topological polar surface area (TPSA) is 237 Å². The summed E-state index contributed by atoms with van der Waals surface area (Å²) >= 11 is 0. The molecule has 0 bridgehead atoms. The average molecular weight is 1240 g/mol. The summed E-state index contributed by atoms with van der Waals surface area (Å²) in [5.74, 6) is 0.112. The third kappa shape index (κ3) is 56.6. The van der Waals surface area contributed by atoms with Crippen molar-refractivity contribution in [1.82, 2.24) is 0 Å². The lowest BCUT2D eigenvalue weighted by atomic mass is 9.99. The monoisotopic (exact) mass is 1240 g/mol. The average Bonchev–Trinajstić information content (AvgIpc) is 3.51. The molecular weight excluding hydrogens is 1110 g/mol. The number of carbonyl (C=O) groups is 4. The van der Waals surface area contributed by atoms with Crippen LogP contribution in [0.3, 0.4) is 0 Å². The van der Waals surface area contributed by atoms with Crippen LogP contribution < -0.4 is 0 Å². The zero-order valence-electron chi connectivity index (χ0n) is 54.4. The predicted molar refractivity (Wildman–Crippen MR) is 335 cm³/mol. The number of aliphatic hydroxyl groups is 1. The minimum Gasteiger partial charge on any atom is -0.462 e. The van der Waals surface area contributed by atoms with Crippen LogP contribution in [0.2, 0.25) is 0 Å². The summed E-state index contributed by atoms with van der Waals surface area (Å²) in [5, 5.41) is 10.5. The molecule has 0 fully saturated rings. The standard InChI is InChI=1S/C65H126O17P2/c1-8-11-12-13-14-17-24-32-39-46-62(67)75-53-61(82-65(70)49-42-35-28-27-31-38-45-58(7)10-3)55-80-84(73,74)78-51-59(66)50-77-83(71,72)79-54-60(52-76-63(68)47-40-33-25-21-20-22-29-36-43-56(4)5)81-64(69)48-41-34-26-19-16-15-18-23-30-37-44-57(6)9-2/h56-61,66H,8-55H2,1-7H3,(H,71,72)(H,73,74)/t57?,58?,59-,60-,61-/m1/s1. The first-order chi connectivity index (χ1) is 40.3. The Balaban J connectivity index is 5.25. The second-order valence-corrected chi connectivity index (χ2v) is 27.4. The van der Waals surface area contributed by atoms with Crippen LogP contribution in [0.4, 0.5) is 0 Å². The van der Waals surface area contributed by atoms with E-state index >= 15 is 0 Å². The lowest BCUT2D eigenvalue weighted by Gasteiger charge is -2.21. The van der Waals surface area contributed by atoms with Gasteiger partial charge in [-0.25, -0.2) is 9.13 Å². The normalized spacial score (nSPS) is 15.0. The molecule has 0 saturated carbocycles. The largest absolute Gasteiger partial charge is 0.472 e. The van der Waals surface area contributed by atoms with Crippen LogP contribution in [-0.4, -0.2) is 96.7 Å². The van der Waals surface area contributed by atoms with Gasteiger partial charge >= 0.3 is 39.5 Å². The molecule has 0 spiro atoms. The zero-order chi connectivity index (χ0) is 62.4. The Bertz CT molecular complexity index is 1670. The van der Waals surface area contributed by atoms with Gasteiger partial charge in [-0.3, -0.25) is 37.3 Å². The van der Waals surface area contributed by atoms with Gasteiger partial charge in [0.15, 0.2) is 12.2 Å². The molecule has 0 heterocycles. The number of ether oxygens (including phenoxy) is 4. The first-order valence-corrected chi connectivity index (χ1v) is 36.9. The van der Waals surface area contributed by atoms with Crippen molar-refractivity contribution in [2.75, 3.05) is 39.6 Å².